The van der Waals surface area contributed by atoms with Crippen molar-refractivity contribution in [3.05, 3.63) is 46.5 Å². The Balaban J connectivity index is 1.27. The van der Waals surface area contributed by atoms with Crippen LogP contribution >= 0.6 is 0 Å². The van der Waals surface area contributed by atoms with Crippen LogP contribution in [0.3, 0.4) is 0 Å². The highest BCUT2D eigenvalue weighted by atomic mass is 16.6. The van der Waals surface area contributed by atoms with E-state index < -0.39 is 11.9 Å². The fourth-order valence-corrected chi connectivity index (χ4v) is 4.30. The maximum Gasteiger partial charge on any atom is 0.349 e. The van der Waals surface area contributed by atoms with Gasteiger partial charge in [0, 0.05) is 51.3 Å². The maximum atomic E-state index is 12.5. The van der Waals surface area contributed by atoms with E-state index in [-0.39, 0.29) is 12.1 Å². The molecule has 10 heteroatoms. The van der Waals surface area contributed by atoms with Gasteiger partial charge < -0.3 is 19.9 Å². The third-order valence-electron chi connectivity index (χ3n) is 6.05. The molecule has 1 saturated heterocycles. The van der Waals surface area contributed by atoms with Gasteiger partial charge in [-0.3, -0.25) is 14.2 Å². The van der Waals surface area contributed by atoms with Gasteiger partial charge in [-0.15, -0.1) is 0 Å². The molecule has 0 radical (unpaired) electrons. The van der Waals surface area contributed by atoms with E-state index in [4.69, 9.17) is 0 Å². The molecular weight excluding hydrogens is 436 g/mol. The smallest absolute Gasteiger partial charge is 0.349 e. The summed E-state index contributed by atoms with van der Waals surface area (Å²) in [6.45, 7) is 5.98. The molecule has 0 amide bonds. The Bertz CT molecular complexity index is 1190. The number of nitrogens with one attached hydrogen (secondary N) is 2. The standard InChI is InChI=1S/C24H30N6O4/c1-16-15-30(11-5-8-21(32)34-17(2)31)24(33)28-22(16)29-12-9-18(10-13-29)14-25-23-26-19-6-3-4-7-20(19)27-23/h3-4,6-7,15,18H,5,8-14H2,1-2H3,(H2,25,26,27). The normalized spacial score (nSPS) is 14.4. The molecule has 1 aliphatic rings. The second-order valence-electron chi connectivity index (χ2n) is 8.71. The van der Waals surface area contributed by atoms with E-state index in [0.29, 0.717) is 18.9 Å². The number of aryl methyl sites for hydroxylation is 2. The fraction of sp³-hybridized carbons (Fsp3) is 0.458. The van der Waals surface area contributed by atoms with E-state index in [0.717, 1.165) is 60.8 Å². The number of nitrogens with zero attached hydrogens (tertiary/aromatic N) is 4. The molecule has 1 fully saturated rings. The average molecular weight is 467 g/mol. The number of anilines is 2. The number of piperidine rings is 1. The summed E-state index contributed by atoms with van der Waals surface area (Å²) >= 11 is 0. The molecule has 0 aliphatic carbocycles. The lowest BCUT2D eigenvalue weighted by Crippen LogP contribution is -2.38. The molecule has 4 rings (SSSR count). The number of benzene rings is 1. The molecule has 3 heterocycles. The van der Waals surface area contributed by atoms with E-state index in [1.165, 1.54) is 11.5 Å². The summed E-state index contributed by atoms with van der Waals surface area (Å²) in [5.41, 5.74) is 2.55. The van der Waals surface area contributed by atoms with Gasteiger partial charge in [0.1, 0.15) is 5.82 Å². The first-order chi connectivity index (χ1) is 16.4. The van der Waals surface area contributed by atoms with Crippen molar-refractivity contribution in [2.45, 2.75) is 46.1 Å². The third-order valence-corrected chi connectivity index (χ3v) is 6.05. The van der Waals surface area contributed by atoms with Crippen LogP contribution in [0.2, 0.25) is 0 Å². The second kappa shape index (κ2) is 10.5. The minimum absolute atomic E-state index is 0.0718. The molecule has 34 heavy (non-hydrogen) atoms. The summed E-state index contributed by atoms with van der Waals surface area (Å²) in [6, 6.07) is 7.96. The van der Waals surface area contributed by atoms with E-state index in [2.05, 4.69) is 29.9 Å². The molecular formula is C24H30N6O4. The van der Waals surface area contributed by atoms with Gasteiger partial charge in [0.25, 0.3) is 0 Å². The lowest BCUT2D eigenvalue weighted by atomic mass is 9.96. The van der Waals surface area contributed by atoms with Crippen molar-refractivity contribution in [3.63, 3.8) is 0 Å². The summed E-state index contributed by atoms with van der Waals surface area (Å²) in [7, 11) is 0. The number of carbonyl (C=O) groups is 2. The van der Waals surface area contributed by atoms with Crippen LogP contribution in [0.15, 0.2) is 35.3 Å². The fourth-order valence-electron chi connectivity index (χ4n) is 4.30. The van der Waals surface area contributed by atoms with Gasteiger partial charge in [0.2, 0.25) is 5.95 Å². The maximum absolute atomic E-state index is 12.5. The number of aromatic nitrogens is 4. The number of H-pyrrole nitrogens is 1. The zero-order valence-electron chi connectivity index (χ0n) is 19.5. The molecule has 2 N–H and O–H groups in total. The van der Waals surface area contributed by atoms with Gasteiger partial charge in [-0.1, -0.05) is 12.1 Å². The highest BCUT2D eigenvalue weighted by molar-refractivity contribution is 5.84. The van der Waals surface area contributed by atoms with Gasteiger partial charge in [-0.25, -0.2) is 9.78 Å². The largest absolute Gasteiger partial charge is 0.393 e. The number of carbonyl (C=O) groups excluding carboxylic acids is 2. The number of ether oxygens (including phenoxy) is 1. The molecule has 0 atom stereocenters. The van der Waals surface area contributed by atoms with Crippen LogP contribution in [-0.2, 0) is 20.9 Å². The predicted octanol–water partition coefficient (Wildman–Crippen LogP) is 2.63. The van der Waals surface area contributed by atoms with Crippen molar-refractivity contribution < 1.29 is 14.3 Å². The molecule has 180 valence electrons. The van der Waals surface area contributed by atoms with Gasteiger partial charge in [-0.05, 0) is 44.2 Å². The van der Waals surface area contributed by atoms with E-state index in [9.17, 15) is 14.4 Å². The first-order valence-electron chi connectivity index (χ1n) is 11.6. The number of para-hydroxylation sites is 2. The highest BCUT2D eigenvalue weighted by Gasteiger charge is 2.22. The Morgan fingerprint density at radius 1 is 1.21 bits per heavy atom. The van der Waals surface area contributed by atoms with Crippen molar-refractivity contribution >= 4 is 34.7 Å². The number of esters is 2. The Kier molecular flexibility index (Phi) is 7.24. The zero-order chi connectivity index (χ0) is 24.1. The third kappa shape index (κ3) is 5.81. The summed E-state index contributed by atoms with van der Waals surface area (Å²) in [5, 5.41) is 3.42. The van der Waals surface area contributed by atoms with Crippen LogP contribution < -0.4 is 15.9 Å². The summed E-state index contributed by atoms with van der Waals surface area (Å²) in [4.78, 5) is 49.2. The summed E-state index contributed by atoms with van der Waals surface area (Å²) in [5.74, 6) is 0.817. The van der Waals surface area contributed by atoms with Crippen molar-refractivity contribution in [3.8, 4) is 0 Å². The van der Waals surface area contributed by atoms with Crippen LogP contribution in [0.25, 0.3) is 11.0 Å². The predicted molar refractivity (Wildman–Crippen MR) is 129 cm³/mol. The highest BCUT2D eigenvalue weighted by Crippen LogP contribution is 2.24. The number of hydrogen-bond donors (Lipinski definition) is 2. The molecule has 0 unspecified atom stereocenters. The Labute approximate surface area is 197 Å². The van der Waals surface area contributed by atoms with Crippen molar-refractivity contribution in [2.24, 2.45) is 5.92 Å². The molecule has 10 nitrogen and oxygen atoms in total. The lowest BCUT2D eigenvalue weighted by Gasteiger charge is -2.33. The van der Waals surface area contributed by atoms with Gasteiger partial charge in [0.15, 0.2) is 0 Å². The molecule has 1 aromatic carbocycles. The molecule has 2 aromatic heterocycles. The minimum atomic E-state index is -0.627. The first-order valence-corrected chi connectivity index (χ1v) is 11.6. The zero-order valence-corrected chi connectivity index (χ0v) is 19.5. The van der Waals surface area contributed by atoms with Crippen LogP contribution in [0.5, 0.6) is 0 Å². The molecule has 0 saturated carbocycles. The van der Waals surface area contributed by atoms with Gasteiger partial charge in [0.05, 0.1) is 11.0 Å². The number of imidazole rings is 1. The molecule has 0 spiro atoms. The molecule has 0 bridgehead atoms. The molecule has 3 aromatic rings. The topological polar surface area (TPSA) is 122 Å². The number of aromatic amines is 1. The Hall–Kier alpha value is -3.69. The van der Waals surface area contributed by atoms with E-state index >= 15 is 0 Å². The quantitative estimate of drug-likeness (QED) is 0.384. The van der Waals surface area contributed by atoms with Crippen LogP contribution in [0, 0.1) is 12.8 Å². The first kappa shape index (κ1) is 23.5. The van der Waals surface area contributed by atoms with E-state index in [1.807, 2.05) is 31.2 Å². The van der Waals surface area contributed by atoms with Gasteiger partial charge in [-0.2, -0.15) is 4.98 Å². The lowest BCUT2D eigenvalue weighted by molar-refractivity contribution is -0.158. The van der Waals surface area contributed by atoms with Crippen LogP contribution in [-0.4, -0.2) is 51.1 Å². The Morgan fingerprint density at radius 3 is 2.71 bits per heavy atom. The minimum Gasteiger partial charge on any atom is -0.393 e. The SMILES string of the molecule is CC(=O)OC(=O)CCCn1cc(C)c(N2CCC(CNc3nc4ccccc4[nH]3)CC2)nc1=O. The summed E-state index contributed by atoms with van der Waals surface area (Å²) < 4.78 is 6.01. The molecule has 1 aliphatic heterocycles. The van der Waals surface area contributed by atoms with Crippen molar-refractivity contribution in [2.75, 3.05) is 29.9 Å². The van der Waals surface area contributed by atoms with E-state index in [1.54, 1.807) is 6.20 Å². The van der Waals surface area contributed by atoms with Gasteiger partial charge >= 0.3 is 17.6 Å². The monoisotopic (exact) mass is 466 g/mol. The average Bonchev–Trinajstić information content (AvgIpc) is 3.23. The van der Waals surface area contributed by atoms with Crippen LogP contribution in [0.1, 0.15) is 38.2 Å². The van der Waals surface area contributed by atoms with Crippen molar-refractivity contribution in [1.29, 1.82) is 0 Å². The summed E-state index contributed by atoms with van der Waals surface area (Å²) in [6.07, 6.45) is 4.25. The Morgan fingerprint density at radius 2 is 1.97 bits per heavy atom. The number of fused-ring (bicyclic) bond motifs is 1. The second-order valence-corrected chi connectivity index (χ2v) is 8.71. The number of rotatable bonds is 8. The van der Waals surface area contributed by atoms with Crippen molar-refractivity contribution in [1.82, 2.24) is 19.5 Å². The number of hydrogen-bond acceptors (Lipinski definition) is 8. The van der Waals surface area contributed by atoms with Crippen LogP contribution in [0.4, 0.5) is 11.8 Å².